The number of fused-ring (bicyclic) bond motifs is 1. The molecule has 2 atom stereocenters. The van der Waals surface area contributed by atoms with E-state index in [9.17, 15) is 10.2 Å². The fraction of sp³-hybridized carbons (Fsp3) is 0.217. The summed E-state index contributed by atoms with van der Waals surface area (Å²) in [7, 11) is 1.44. The van der Waals surface area contributed by atoms with E-state index in [1.807, 2.05) is 42.5 Å². The molecular formula is C23H22O3. The first-order valence-electron chi connectivity index (χ1n) is 8.87. The summed E-state index contributed by atoms with van der Waals surface area (Å²) in [5, 5.41) is 21.3. The second kappa shape index (κ2) is 6.69. The van der Waals surface area contributed by atoms with Gasteiger partial charge in [-0.2, -0.15) is 0 Å². The maximum absolute atomic E-state index is 11.0. The van der Waals surface area contributed by atoms with Crippen molar-refractivity contribution in [2.24, 2.45) is 0 Å². The van der Waals surface area contributed by atoms with Gasteiger partial charge in [-0.3, -0.25) is 0 Å². The van der Waals surface area contributed by atoms with Crippen LogP contribution in [0.15, 0.2) is 72.8 Å². The van der Waals surface area contributed by atoms with Gasteiger partial charge in [0.2, 0.25) is 5.79 Å². The van der Waals surface area contributed by atoms with E-state index in [1.54, 1.807) is 0 Å². The van der Waals surface area contributed by atoms with Crippen molar-refractivity contribution in [3.63, 3.8) is 0 Å². The SMILES string of the molecule is COC1(O)c2cc(-c3ccccc3)c(-c3ccccc3)cc2CCC1O. The predicted octanol–water partition coefficient (Wildman–Crippen LogP) is 4.12. The highest BCUT2D eigenvalue weighted by Crippen LogP contribution is 2.42. The summed E-state index contributed by atoms with van der Waals surface area (Å²) in [5.74, 6) is -1.67. The molecular weight excluding hydrogens is 324 g/mol. The minimum Gasteiger partial charge on any atom is -0.387 e. The molecule has 0 saturated heterocycles. The number of benzene rings is 3. The molecule has 0 aromatic heterocycles. The Morgan fingerprint density at radius 1 is 0.885 bits per heavy atom. The molecule has 2 N–H and O–H groups in total. The van der Waals surface area contributed by atoms with Gasteiger partial charge in [0.25, 0.3) is 0 Å². The Hall–Kier alpha value is -2.46. The van der Waals surface area contributed by atoms with E-state index in [1.165, 1.54) is 7.11 Å². The minimum absolute atomic E-state index is 0.469. The molecule has 0 aliphatic heterocycles. The molecule has 0 amide bonds. The number of ether oxygens (including phenoxy) is 1. The Kier molecular flexibility index (Phi) is 4.37. The van der Waals surface area contributed by atoms with Gasteiger partial charge in [0.15, 0.2) is 0 Å². The van der Waals surface area contributed by atoms with E-state index < -0.39 is 11.9 Å². The molecule has 0 radical (unpaired) electrons. The van der Waals surface area contributed by atoms with Gasteiger partial charge >= 0.3 is 0 Å². The minimum atomic E-state index is -1.67. The molecule has 132 valence electrons. The number of aliphatic hydroxyl groups is 2. The van der Waals surface area contributed by atoms with Gasteiger partial charge in [-0.25, -0.2) is 0 Å². The number of aliphatic hydroxyl groups excluding tert-OH is 1. The summed E-state index contributed by atoms with van der Waals surface area (Å²) >= 11 is 0. The Balaban J connectivity index is 1.99. The van der Waals surface area contributed by atoms with Crippen molar-refractivity contribution in [3.8, 4) is 22.3 Å². The Labute approximate surface area is 153 Å². The zero-order valence-electron chi connectivity index (χ0n) is 14.7. The number of hydrogen-bond donors (Lipinski definition) is 2. The first-order valence-corrected chi connectivity index (χ1v) is 8.87. The van der Waals surface area contributed by atoms with Crippen LogP contribution in [-0.4, -0.2) is 23.4 Å². The van der Waals surface area contributed by atoms with Crippen LogP contribution >= 0.6 is 0 Å². The summed E-state index contributed by atoms with van der Waals surface area (Å²) < 4.78 is 5.36. The smallest absolute Gasteiger partial charge is 0.219 e. The van der Waals surface area contributed by atoms with Crippen LogP contribution in [0.2, 0.25) is 0 Å². The monoisotopic (exact) mass is 346 g/mol. The number of aryl methyl sites for hydroxylation is 1. The highest BCUT2D eigenvalue weighted by atomic mass is 16.6. The molecule has 0 bridgehead atoms. The highest BCUT2D eigenvalue weighted by molar-refractivity contribution is 5.85. The standard InChI is InChI=1S/C23H22O3/c1-26-23(25)21-15-20(17-10-6-3-7-11-17)19(16-8-4-2-5-9-16)14-18(21)12-13-22(23)24/h2-11,14-15,22,24-25H,12-13H2,1H3. The van der Waals surface area contributed by atoms with Crippen LogP contribution in [0.4, 0.5) is 0 Å². The van der Waals surface area contributed by atoms with Crippen LogP contribution < -0.4 is 0 Å². The Bertz CT molecular complexity index is 905. The van der Waals surface area contributed by atoms with Gasteiger partial charge < -0.3 is 14.9 Å². The summed E-state index contributed by atoms with van der Waals surface area (Å²) in [6.45, 7) is 0. The molecule has 1 aliphatic carbocycles. The number of hydrogen-bond acceptors (Lipinski definition) is 3. The quantitative estimate of drug-likeness (QED) is 0.702. The van der Waals surface area contributed by atoms with E-state index in [0.717, 1.165) is 27.8 Å². The van der Waals surface area contributed by atoms with Crippen LogP contribution in [0.5, 0.6) is 0 Å². The molecule has 0 saturated carbocycles. The van der Waals surface area contributed by atoms with E-state index in [0.29, 0.717) is 18.4 Å². The average Bonchev–Trinajstić information content (AvgIpc) is 2.71. The Morgan fingerprint density at radius 2 is 1.42 bits per heavy atom. The third-order valence-corrected chi connectivity index (χ3v) is 5.25. The second-order valence-corrected chi connectivity index (χ2v) is 6.74. The molecule has 3 nitrogen and oxygen atoms in total. The lowest BCUT2D eigenvalue weighted by molar-refractivity contribution is -0.257. The van der Waals surface area contributed by atoms with E-state index in [4.69, 9.17) is 4.74 Å². The van der Waals surface area contributed by atoms with Crippen molar-refractivity contribution in [1.29, 1.82) is 0 Å². The van der Waals surface area contributed by atoms with Crippen LogP contribution in [0, 0.1) is 0 Å². The fourth-order valence-corrected chi connectivity index (χ4v) is 3.81. The van der Waals surface area contributed by atoms with Gasteiger partial charge in [-0.1, -0.05) is 66.7 Å². The predicted molar refractivity (Wildman–Crippen MR) is 103 cm³/mol. The van der Waals surface area contributed by atoms with Crippen molar-refractivity contribution < 1.29 is 14.9 Å². The van der Waals surface area contributed by atoms with Crippen molar-refractivity contribution in [1.82, 2.24) is 0 Å². The van der Waals surface area contributed by atoms with Crippen LogP contribution in [0.25, 0.3) is 22.3 Å². The van der Waals surface area contributed by atoms with Crippen LogP contribution in [0.3, 0.4) is 0 Å². The third-order valence-electron chi connectivity index (χ3n) is 5.25. The zero-order valence-corrected chi connectivity index (χ0v) is 14.7. The maximum Gasteiger partial charge on any atom is 0.219 e. The third kappa shape index (κ3) is 2.74. The molecule has 0 fully saturated rings. The lowest BCUT2D eigenvalue weighted by Gasteiger charge is -2.38. The average molecular weight is 346 g/mol. The number of methoxy groups -OCH3 is 1. The van der Waals surface area contributed by atoms with Gasteiger partial charge in [-0.15, -0.1) is 0 Å². The molecule has 0 heterocycles. The van der Waals surface area contributed by atoms with Gasteiger partial charge in [0.05, 0.1) is 0 Å². The summed E-state index contributed by atoms with van der Waals surface area (Å²) in [5.41, 5.74) is 5.98. The van der Waals surface area contributed by atoms with E-state index >= 15 is 0 Å². The summed E-state index contributed by atoms with van der Waals surface area (Å²) in [4.78, 5) is 0. The fourth-order valence-electron chi connectivity index (χ4n) is 3.81. The molecule has 3 aromatic rings. The van der Waals surface area contributed by atoms with E-state index in [2.05, 4.69) is 30.3 Å². The van der Waals surface area contributed by atoms with Crippen molar-refractivity contribution in [3.05, 3.63) is 83.9 Å². The van der Waals surface area contributed by atoms with Crippen LogP contribution in [-0.2, 0) is 16.9 Å². The largest absolute Gasteiger partial charge is 0.387 e. The Morgan fingerprint density at radius 3 is 1.96 bits per heavy atom. The lowest BCUT2D eigenvalue weighted by atomic mass is 9.80. The maximum atomic E-state index is 11.0. The first kappa shape index (κ1) is 17.0. The second-order valence-electron chi connectivity index (χ2n) is 6.74. The summed E-state index contributed by atoms with van der Waals surface area (Å²) in [6, 6.07) is 24.4. The highest BCUT2D eigenvalue weighted by Gasteiger charge is 2.43. The van der Waals surface area contributed by atoms with Crippen LogP contribution in [0.1, 0.15) is 17.5 Å². The van der Waals surface area contributed by atoms with Gasteiger partial charge in [0.1, 0.15) is 6.10 Å². The topological polar surface area (TPSA) is 49.7 Å². The van der Waals surface area contributed by atoms with E-state index in [-0.39, 0.29) is 0 Å². The molecule has 3 aromatic carbocycles. The molecule has 4 rings (SSSR count). The first-order chi connectivity index (χ1) is 12.6. The van der Waals surface area contributed by atoms with Crippen molar-refractivity contribution >= 4 is 0 Å². The summed E-state index contributed by atoms with van der Waals surface area (Å²) in [6.07, 6.45) is 0.235. The zero-order chi connectivity index (χ0) is 18.1. The molecule has 0 spiro atoms. The molecule has 26 heavy (non-hydrogen) atoms. The normalized spacial score (nSPS) is 22.0. The van der Waals surface area contributed by atoms with Gasteiger partial charge in [0, 0.05) is 12.7 Å². The number of rotatable bonds is 3. The lowest BCUT2D eigenvalue weighted by Crippen LogP contribution is -2.45. The molecule has 2 unspecified atom stereocenters. The van der Waals surface area contributed by atoms with Gasteiger partial charge in [-0.05, 0) is 46.7 Å². The molecule has 3 heteroatoms. The van der Waals surface area contributed by atoms with Crippen molar-refractivity contribution in [2.45, 2.75) is 24.7 Å². The molecule has 1 aliphatic rings. The van der Waals surface area contributed by atoms with Crippen molar-refractivity contribution in [2.75, 3.05) is 7.11 Å².